The molecule has 1 aromatic heterocycles. The van der Waals surface area contributed by atoms with Gasteiger partial charge in [-0.2, -0.15) is 5.21 Å². The van der Waals surface area contributed by atoms with Crippen LogP contribution in [0, 0.1) is 11.8 Å². The van der Waals surface area contributed by atoms with Crippen molar-refractivity contribution in [2.45, 2.75) is 0 Å². The number of hydrogen-bond donors (Lipinski definition) is 2. The molecule has 0 saturated heterocycles. The van der Waals surface area contributed by atoms with Gasteiger partial charge in [-0.3, -0.25) is 0 Å². The molecule has 0 bridgehead atoms. The highest BCUT2D eigenvalue weighted by molar-refractivity contribution is 5.55. The molecule has 0 amide bonds. The predicted octanol–water partition coefficient (Wildman–Crippen LogP) is 0.438. The first-order valence-corrected chi connectivity index (χ1v) is 4.87. The summed E-state index contributed by atoms with van der Waals surface area (Å²) < 4.78 is 0. The van der Waals surface area contributed by atoms with Crippen molar-refractivity contribution in [3.8, 4) is 23.2 Å². The van der Waals surface area contributed by atoms with Crippen molar-refractivity contribution in [2.24, 2.45) is 0 Å². The molecule has 0 spiro atoms. The highest BCUT2D eigenvalue weighted by atomic mass is 15.5. The molecular weight excluding hydrogens is 202 g/mol. The number of nitrogens with zero attached hydrogens (tertiary/aromatic N) is 3. The van der Waals surface area contributed by atoms with Gasteiger partial charge in [0.15, 0.2) is 0 Å². The Morgan fingerprint density at radius 2 is 2.12 bits per heavy atom. The molecule has 0 aliphatic rings. The molecule has 0 aliphatic heterocycles. The van der Waals surface area contributed by atoms with Crippen LogP contribution < -0.4 is 5.32 Å². The smallest absolute Gasteiger partial charge is 0.204 e. The lowest BCUT2D eigenvalue weighted by atomic mass is 10.1. The molecule has 0 atom stereocenters. The van der Waals surface area contributed by atoms with Crippen LogP contribution in [-0.2, 0) is 0 Å². The lowest BCUT2D eigenvalue weighted by Gasteiger charge is -1.94. The lowest BCUT2D eigenvalue weighted by Crippen LogP contribution is -2.04. The third-order valence-corrected chi connectivity index (χ3v) is 1.99. The van der Waals surface area contributed by atoms with Crippen LogP contribution in [0.3, 0.4) is 0 Å². The quantitative estimate of drug-likeness (QED) is 0.710. The van der Waals surface area contributed by atoms with E-state index in [0.29, 0.717) is 12.4 Å². The molecule has 5 heteroatoms. The first-order chi connectivity index (χ1) is 7.90. The summed E-state index contributed by atoms with van der Waals surface area (Å²) >= 11 is 0. The van der Waals surface area contributed by atoms with Crippen molar-refractivity contribution in [3.63, 3.8) is 0 Å². The Balaban J connectivity index is 2.15. The summed E-state index contributed by atoms with van der Waals surface area (Å²) in [7, 11) is 1.87. The van der Waals surface area contributed by atoms with E-state index in [1.807, 2.05) is 31.3 Å². The number of rotatable bonds is 2. The molecule has 0 radical (unpaired) electrons. The summed E-state index contributed by atoms with van der Waals surface area (Å²) in [4.78, 5) is 0. The maximum Gasteiger partial charge on any atom is 0.204 e. The minimum absolute atomic E-state index is 0.592. The number of H-pyrrole nitrogens is 1. The summed E-state index contributed by atoms with van der Waals surface area (Å²) in [5.41, 5.74) is 1.90. The number of aromatic amines is 1. The van der Waals surface area contributed by atoms with Crippen LogP contribution in [0.25, 0.3) is 11.4 Å². The zero-order valence-corrected chi connectivity index (χ0v) is 8.86. The first-order valence-electron chi connectivity index (χ1n) is 4.87. The van der Waals surface area contributed by atoms with Crippen molar-refractivity contribution in [3.05, 3.63) is 29.8 Å². The van der Waals surface area contributed by atoms with E-state index in [-0.39, 0.29) is 0 Å². The highest BCUT2D eigenvalue weighted by Gasteiger charge is 2.00. The maximum atomic E-state index is 3.90. The number of benzene rings is 1. The summed E-state index contributed by atoms with van der Waals surface area (Å²) in [5, 5.41) is 16.7. The van der Waals surface area contributed by atoms with E-state index < -0.39 is 0 Å². The molecule has 0 saturated carbocycles. The SMILES string of the molecule is CNCC#Cc1ccc(-c2nn[nH]n2)cc1. The van der Waals surface area contributed by atoms with Gasteiger partial charge in [-0.1, -0.05) is 11.8 Å². The molecule has 5 nitrogen and oxygen atoms in total. The average Bonchev–Trinajstić information content (AvgIpc) is 2.84. The largest absolute Gasteiger partial charge is 0.309 e. The van der Waals surface area contributed by atoms with Crippen LogP contribution in [0.15, 0.2) is 24.3 Å². The van der Waals surface area contributed by atoms with Gasteiger partial charge in [-0.05, 0) is 36.5 Å². The molecular formula is C11H11N5. The number of hydrogen-bond acceptors (Lipinski definition) is 4. The number of tetrazole rings is 1. The van der Waals surface area contributed by atoms with Crippen molar-refractivity contribution in [1.82, 2.24) is 25.9 Å². The summed E-state index contributed by atoms with van der Waals surface area (Å²) in [6.07, 6.45) is 0. The van der Waals surface area contributed by atoms with E-state index in [4.69, 9.17) is 0 Å². The molecule has 0 aliphatic carbocycles. The van der Waals surface area contributed by atoms with Crippen molar-refractivity contribution >= 4 is 0 Å². The van der Waals surface area contributed by atoms with Crippen LogP contribution in [0.1, 0.15) is 5.56 Å². The van der Waals surface area contributed by atoms with E-state index in [2.05, 4.69) is 37.8 Å². The Kier molecular flexibility index (Phi) is 3.26. The fraction of sp³-hybridized carbons (Fsp3) is 0.182. The Hall–Kier alpha value is -2.19. The molecule has 80 valence electrons. The van der Waals surface area contributed by atoms with Crippen LogP contribution in [0.5, 0.6) is 0 Å². The lowest BCUT2D eigenvalue weighted by molar-refractivity contribution is 0.881. The second-order valence-corrected chi connectivity index (χ2v) is 3.14. The molecule has 1 aromatic carbocycles. The molecule has 2 aromatic rings. The normalized spacial score (nSPS) is 9.56. The van der Waals surface area contributed by atoms with E-state index in [1.165, 1.54) is 0 Å². The van der Waals surface area contributed by atoms with Crippen molar-refractivity contribution in [2.75, 3.05) is 13.6 Å². The van der Waals surface area contributed by atoms with E-state index in [1.54, 1.807) is 0 Å². The Labute approximate surface area is 93.3 Å². The molecule has 2 N–H and O–H groups in total. The third kappa shape index (κ3) is 2.43. The average molecular weight is 213 g/mol. The van der Waals surface area contributed by atoms with Crippen LogP contribution in [0.4, 0.5) is 0 Å². The van der Waals surface area contributed by atoms with E-state index >= 15 is 0 Å². The predicted molar refractivity (Wildman–Crippen MR) is 60.4 cm³/mol. The fourth-order valence-corrected chi connectivity index (χ4v) is 1.22. The zero-order valence-electron chi connectivity index (χ0n) is 8.86. The topological polar surface area (TPSA) is 66.5 Å². The standard InChI is InChI=1S/C11H11N5/c1-12-8-2-3-9-4-6-10(7-5-9)11-13-15-16-14-11/h4-7,12H,8H2,1H3,(H,13,14,15,16). The Morgan fingerprint density at radius 3 is 2.75 bits per heavy atom. The molecule has 16 heavy (non-hydrogen) atoms. The molecule has 2 rings (SSSR count). The van der Waals surface area contributed by atoms with Gasteiger partial charge < -0.3 is 5.32 Å². The van der Waals surface area contributed by atoms with Gasteiger partial charge in [0.1, 0.15) is 0 Å². The molecule has 0 fully saturated rings. The van der Waals surface area contributed by atoms with E-state index in [0.717, 1.165) is 11.1 Å². The van der Waals surface area contributed by atoms with Crippen molar-refractivity contribution < 1.29 is 0 Å². The van der Waals surface area contributed by atoms with Gasteiger partial charge in [-0.15, -0.1) is 10.2 Å². The summed E-state index contributed by atoms with van der Waals surface area (Å²) in [6.45, 7) is 0.687. The van der Waals surface area contributed by atoms with E-state index in [9.17, 15) is 0 Å². The van der Waals surface area contributed by atoms with Crippen LogP contribution in [-0.4, -0.2) is 34.2 Å². The van der Waals surface area contributed by atoms with Gasteiger partial charge in [0, 0.05) is 11.1 Å². The van der Waals surface area contributed by atoms with Crippen LogP contribution >= 0.6 is 0 Å². The minimum Gasteiger partial charge on any atom is -0.309 e. The van der Waals surface area contributed by atoms with Gasteiger partial charge in [0.25, 0.3) is 0 Å². The van der Waals surface area contributed by atoms with Gasteiger partial charge in [0.2, 0.25) is 5.82 Å². The maximum absolute atomic E-state index is 3.90. The third-order valence-electron chi connectivity index (χ3n) is 1.99. The fourth-order valence-electron chi connectivity index (χ4n) is 1.22. The van der Waals surface area contributed by atoms with Crippen LogP contribution in [0.2, 0.25) is 0 Å². The second kappa shape index (κ2) is 5.05. The summed E-state index contributed by atoms with van der Waals surface area (Å²) in [5.74, 6) is 6.63. The van der Waals surface area contributed by atoms with Gasteiger partial charge >= 0.3 is 0 Å². The second-order valence-electron chi connectivity index (χ2n) is 3.14. The first kappa shape index (κ1) is 10.3. The monoisotopic (exact) mass is 213 g/mol. The Morgan fingerprint density at radius 1 is 1.31 bits per heavy atom. The van der Waals surface area contributed by atoms with Crippen molar-refractivity contribution in [1.29, 1.82) is 0 Å². The van der Waals surface area contributed by atoms with Gasteiger partial charge in [-0.25, -0.2) is 0 Å². The Bertz CT molecular complexity index is 489. The zero-order chi connectivity index (χ0) is 11.2. The van der Waals surface area contributed by atoms with Gasteiger partial charge in [0.05, 0.1) is 6.54 Å². The molecule has 1 heterocycles. The number of nitrogens with one attached hydrogen (secondary N) is 2. The minimum atomic E-state index is 0.592. The summed E-state index contributed by atoms with van der Waals surface area (Å²) in [6, 6.07) is 7.73. The number of aromatic nitrogens is 4. The highest BCUT2D eigenvalue weighted by Crippen LogP contribution is 2.13. The molecule has 0 unspecified atom stereocenters.